The molecule has 21 heavy (non-hydrogen) atoms. The van der Waals surface area contributed by atoms with Crippen molar-refractivity contribution in [1.29, 1.82) is 0 Å². The second-order valence-corrected chi connectivity index (χ2v) is 5.71. The van der Waals surface area contributed by atoms with Gasteiger partial charge in [0.15, 0.2) is 5.82 Å². The van der Waals surface area contributed by atoms with Crippen LogP contribution in [0.1, 0.15) is 0 Å². The first-order valence-corrected chi connectivity index (χ1v) is 7.32. The van der Waals surface area contributed by atoms with Gasteiger partial charge in [0.05, 0.1) is 10.5 Å². The highest BCUT2D eigenvalue weighted by Crippen LogP contribution is 2.31. The zero-order chi connectivity index (χ0) is 15.0. The van der Waals surface area contributed by atoms with Gasteiger partial charge in [-0.3, -0.25) is 0 Å². The molecule has 1 heterocycles. The van der Waals surface area contributed by atoms with Gasteiger partial charge in [-0.25, -0.2) is 9.97 Å². The molecule has 0 aliphatic rings. The number of rotatable bonds is 2. The molecule has 1 N–H and O–H groups in total. The topological polar surface area (TPSA) is 37.8 Å². The van der Waals surface area contributed by atoms with Crippen molar-refractivity contribution in [2.24, 2.45) is 0 Å². The van der Waals surface area contributed by atoms with Gasteiger partial charge in [-0.2, -0.15) is 0 Å². The van der Waals surface area contributed by atoms with Crippen LogP contribution in [0, 0.1) is 0 Å². The van der Waals surface area contributed by atoms with Gasteiger partial charge in [0.25, 0.3) is 0 Å². The summed E-state index contributed by atoms with van der Waals surface area (Å²) in [6, 6.07) is 10.7. The minimum atomic E-state index is 0.512. The SMILES string of the molecule is CNc1nc(-c2ccc(Cl)cc2Cl)nc2ccc(Cl)cc12. The molecule has 0 saturated carbocycles. The summed E-state index contributed by atoms with van der Waals surface area (Å²) >= 11 is 18.2. The Morgan fingerprint density at radius 3 is 2.33 bits per heavy atom. The predicted octanol–water partition coefficient (Wildman–Crippen LogP) is 5.30. The quantitative estimate of drug-likeness (QED) is 0.689. The summed E-state index contributed by atoms with van der Waals surface area (Å²) in [6.07, 6.45) is 0. The van der Waals surface area contributed by atoms with Crippen LogP contribution in [0.15, 0.2) is 36.4 Å². The van der Waals surface area contributed by atoms with Crippen LogP contribution in [0.2, 0.25) is 15.1 Å². The Balaban J connectivity index is 2.26. The van der Waals surface area contributed by atoms with Gasteiger partial charge in [0.2, 0.25) is 0 Å². The summed E-state index contributed by atoms with van der Waals surface area (Å²) < 4.78 is 0. The minimum Gasteiger partial charge on any atom is -0.373 e. The maximum atomic E-state index is 6.23. The normalized spacial score (nSPS) is 10.9. The summed E-state index contributed by atoms with van der Waals surface area (Å²) in [7, 11) is 1.80. The van der Waals surface area contributed by atoms with E-state index >= 15 is 0 Å². The molecule has 3 nitrogen and oxygen atoms in total. The summed E-state index contributed by atoms with van der Waals surface area (Å²) in [6.45, 7) is 0. The van der Waals surface area contributed by atoms with Gasteiger partial charge in [-0.1, -0.05) is 34.8 Å². The summed E-state index contributed by atoms with van der Waals surface area (Å²) in [4.78, 5) is 9.06. The molecular weight excluding hydrogens is 329 g/mol. The zero-order valence-corrected chi connectivity index (χ0v) is 13.3. The standard InChI is InChI=1S/C15H10Cl3N3/c1-19-14-11-6-8(16)3-5-13(11)20-15(21-14)10-4-2-9(17)7-12(10)18/h2-7H,1H3,(H,19,20,21). The lowest BCUT2D eigenvalue weighted by Crippen LogP contribution is -1.99. The van der Waals surface area contributed by atoms with E-state index in [-0.39, 0.29) is 0 Å². The highest BCUT2D eigenvalue weighted by atomic mass is 35.5. The van der Waals surface area contributed by atoms with Crippen molar-refractivity contribution < 1.29 is 0 Å². The molecule has 106 valence electrons. The highest BCUT2D eigenvalue weighted by molar-refractivity contribution is 6.36. The molecule has 1 aromatic heterocycles. The largest absolute Gasteiger partial charge is 0.373 e. The third-order valence-corrected chi connectivity index (χ3v) is 3.85. The van der Waals surface area contributed by atoms with Gasteiger partial charge < -0.3 is 5.32 Å². The molecule has 0 spiro atoms. The maximum Gasteiger partial charge on any atom is 0.163 e. The fourth-order valence-electron chi connectivity index (χ4n) is 2.08. The smallest absolute Gasteiger partial charge is 0.163 e. The van der Waals surface area contributed by atoms with Crippen LogP contribution in [0.5, 0.6) is 0 Å². The zero-order valence-electron chi connectivity index (χ0n) is 11.0. The minimum absolute atomic E-state index is 0.512. The molecule has 0 unspecified atom stereocenters. The summed E-state index contributed by atoms with van der Waals surface area (Å²) in [5.41, 5.74) is 1.52. The molecule has 3 rings (SSSR count). The second-order valence-electron chi connectivity index (χ2n) is 4.43. The van der Waals surface area contributed by atoms with Crippen molar-refractivity contribution in [3.05, 3.63) is 51.5 Å². The van der Waals surface area contributed by atoms with Crippen LogP contribution < -0.4 is 5.32 Å². The second kappa shape index (κ2) is 5.68. The third kappa shape index (κ3) is 2.77. The van der Waals surface area contributed by atoms with E-state index in [1.54, 1.807) is 31.3 Å². The van der Waals surface area contributed by atoms with E-state index in [1.165, 1.54) is 0 Å². The van der Waals surface area contributed by atoms with Gasteiger partial charge in [0, 0.05) is 28.0 Å². The lowest BCUT2D eigenvalue weighted by atomic mass is 10.2. The van der Waals surface area contributed by atoms with E-state index in [0.29, 0.717) is 26.7 Å². The molecule has 0 radical (unpaired) electrons. The van der Waals surface area contributed by atoms with E-state index < -0.39 is 0 Å². The van der Waals surface area contributed by atoms with Crippen molar-refractivity contribution in [2.75, 3.05) is 12.4 Å². The number of halogens is 3. The number of fused-ring (bicyclic) bond motifs is 1. The number of nitrogens with one attached hydrogen (secondary N) is 1. The predicted molar refractivity (Wildman–Crippen MR) is 89.6 cm³/mol. The molecule has 0 atom stereocenters. The van der Waals surface area contributed by atoms with Crippen LogP contribution >= 0.6 is 34.8 Å². The molecule has 0 aliphatic carbocycles. The third-order valence-electron chi connectivity index (χ3n) is 3.07. The Morgan fingerprint density at radius 2 is 1.62 bits per heavy atom. The Labute approximate surface area is 136 Å². The van der Waals surface area contributed by atoms with Crippen molar-refractivity contribution in [3.63, 3.8) is 0 Å². The lowest BCUT2D eigenvalue weighted by molar-refractivity contribution is 1.21. The van der Waals surface area contributed by atoms with E-state index in [1.807, 2.05) is 12.1 Å². The van der Waals surface area contributed by atoms with E-state index in [9.17, 15) is 0 Å². The first-order valence-electron chi connectivity index (χ1n) is 6.19. The molecule has 0 bridgehead atoms. The number of aromatic nitrogens is 2. The fourth-order valence-corrected chi connectivity index (χ4v) is 2.75. The van der Waals surface area contributed by atoms with Gasteiger partial charge in [-0.15, -0.1) is 0 Å². The monoisotopic (exact) mass is 337 g/mol. The summed E-state index contributed by atoms with van der Waals surface area (Å²) in [5, 5.41) is 5.64. The van der Waals surface area contributed by atoms with Crippen LogP contribution in [0.25, 0.3) is 22.3 Å². The van der Waals surface area contributed by atoms with Gasteiger partial charge in [-0.05, 0) is 36.4 Å². The molecule has 2 aromatic carbocycles. The average molecular weight is 339 g/mol. The van der Waals surface area contributed by atoms with Crippen LogP contribution in [0.3, 0.4) is 0 Å². The van der Waals surface area contributed by atoms with Crippen molar-refractivity contribution >= 4 is 51.5 Å². The average Bonchev–Trinajstić information content (AvgIpc) is 2.46. The van der Waals surface area contributed by atoms with Crippen molar-refractivity contribution in [1.82, 2.24) is 9.97 Å². The Hall–Kier alpha value is -1.55. The molecule has 3 aromatic rings. The number of nitrogens with zero attached hydrogens (tertiary/aromatic N) is 2. The van der Waals surface area contributed by atoms with E-state index in [4.69, 9.17) is 34.8 Å². The van der Waals surface area contributed by atoms with Crippen LogP contribution in [-0.4, -0.2) is 17.0 Å². The molecule has 0 amide bonds. The fraction of sp³-hybridized carbons (Fsp3) is 0.0667. The Bertz CT molecular complexity index is 834. The number of hydrogen-bond acceptors (Lipinski definition) is 3. The molecular formula is C15H10Cl3N3. The maximum absolute atomic E-state index is 6.23. The first-order chi connectivity index (χ1) is 10.1. The molecule has 0 saturated heterocycles. The molecule has 0 aliphatic heterocycles. The van der Waals surface area contributed by atoms with E-state index in [0.717, 1.165) is 16.5 Å². The van der Waals surface area contributed by atoms with Gasteiger partial charge >= 0.3 is 0 Å². The molecule has 0 fully saturated rings. The Morgan fingerprint density at radius 1 is 0.905 bits per heavy atom. The number of hydrogen-bond donors (Lipinski definition) is 1. The lowest BCUT2D eigenvalue weighted by Gasteiger charge is -2.09. The summed E-state index contributed by atoms with van der Waals surface area (Å²) in [5.74, 6) is 1.24. The molecule has 6 heteroatoms. The Kier molecular flexibility index (Phi) is 3.89. The number of benzene rings is 2. The van der Waals surface area contributed by atoms with E-state index in [2.05, 4.69) is 15.3 Å². The number of anilines is 1. The van der Waals surface area contributed by atoms with Crippen LogP contribution in [-0.2, 0) is 0 Å². The van der Waals surface area contributed by atoms with Crippen LogP contribution in [0.4, 0.5) is 5.82 Å². The van der Waals surface area contributed by atoms with Crippen molar-refractivity contribution in [3.8, 4) is 11.4 Å². The van der Waals surface area contributed by atoms with Crippen molar-refractivity contribution in [2.45, 2.75) is 0 Å². The highest BCUT2D eigenvalue weighted by Gasteiger charge is 2.12. The van der Waals surface area contributed by atoms with Gasteiger partial charge in [0.1, 0.15) is 5.82 Å². The first kappa shape index (κ1) is 14.4.